The number of carbonyl (C=O) groups is 1. The third kappa shape index (κ3) is 3.97. The molecule has 1 N–H and O–H groups in total. The van der Waals surface area contributed by atoms with Crippen molar-refractivity contribution in [2.75, 3.05) is 11.9 Å². The molecule has 0 saturated heterocycles. The van der Waals surface area contributed by atoms with Crippen LogP contribution in [-0.4, -0.2) is 12.5 Å². The number of ether oxygens (including phenoxy) is 1. The maximum absolute atomic E-state index is 12.9. The molecule has 3 heteroatoms. The van der Waals surface area contributed by atoms with Crippen molar-refractivity contribution in [1.29, 1.82) is 0 Å². The van der Waals surface area contributed by atoms with Gasteiger partial charge in [0, 0.05) is 5.69 Å². The fraction of sp³-hybridized carbons (Fsp3) is 0.381. The lowest BCUT2D eigenvalue weighted by molar-refractivity contribution is 0.102. The molecule has 2 rings (SSSR count). The summed E-state index contributed by atoms with van der Waals surface area (Å²) >= 11 is 0. The lowest BCUT2D eigenvalue weighted by Gasteiger charge is -2.20. The van der Waals surface area contributed by atoms with Gasteiger partial charge in [-0.3, -0.25) is 4.79 Å². The van der Waals surface area contributed by atoms with Crippen molar-refractivity contribution in [3.05, 3.63) is 59.2 Å². The molecule has 0 aromatic heterocycles. The molecule has 0 saturated carbocycles. The van der Waals surface area contributed by atoms with E-state index in [1.807, 2.05) is 25.1 Å². The van der Waals surface area contributed by atoms with Gasteiger partial charge in [-0.05, 0) is 42.0 Å². The molecule has 0 unspecified atom stereocenters. The van der Waals surface area contributed by atoms with Gasteiger partial charge in [0.1, 0.15) is 5.75 Å². The van der Waals surface area contributed by atoms with Crippen LogP contribution in [0.2, 0.25) is 0 Å². The largest absolute Gasteiger partial charge is 0.493 e. The quantitative estimate of drug-likeness (QED) is 0.752. The summed E-state index contributed by atoms with van der Waals surface area (Å²) in [5.41, 5.74) is 3.80. The molecular formula is C21H27NO2. The van der Waals surface area contributed by atoms with Gasteiger partial charge >= 0.3 is 0 Å². The van der Waals surface area contributed by atoms with Crippen molar-refractivity contribution >= 4 is 11.6 Å². The number of benzene rings is 2. The van der Waals surface area contributed by atoms with Crippen LogP contribution in [-0.2, 0) is 0 Å². The number of hydrogen-bond acceptors (Lipinski definition) is 2. The van der Waals surface area contributed by atoms with Gasteiger partial charge in [-0.25, -0.2) is 0 Å². The molecule has 0 heterocycles. The predicted molar refractivity (Wildman–Crippen MR) is 100 cm³/mol. The van der Waals surface area contributed by atoms with E-state index in [0.29, 0.717) is 29.8 Å². The molecular weight excluding hydrogens is 298 g/mol. The van der Waals surface area contributed by atoms with Crippen LogP contribution in [0.1, 0.15) is 67.9 Å². The summed E-state index contributed by atoms with van der Waals surface area (Å²) in [5.74, 6) is 1.15. The van der Waals surface area contributed by atoms with Crippen molar-refractivity contribution < 1.29 is 9.53 Å². The zero-order chi connectivity index (χ0) is 17.7. The van der Waals surface area contributed by atoms with Crippen LogP contribution in [0.15, 0.2) is 42.5 Å². The highest BCUT2D eigenvalue weighted by atomic mass is 16.5. The molecule has 0 spiro atoms. The Bertz CT molecular complexity index is 678. The fourth-order valence-electron chi connectivity index (χ4n) is 2.81. The zero-order valence-electron chi connectivity index (χ0n) is 15.2. The first kappa shape index (κ1) is 18.1. The first-order valence-electron chi connectivity index (χ1n) is 8.61. The highest BCUT2D eigenvalue weighted by Gasteiger charge is 2.18. The SMILES string of the molecule is CCOc1ccccc1C(=O)Nc1c(C(C)C)cccc1C(C)C. The molecule has 1 amide bonds. The monoisotopic (exact) mass is 325 g/mol. The van der Waals surface area contributed by atoms with Gasteiger partial charge in [-0.2, -0.15) is 0 Å². The van der Waals surface area contributed by atoms with Crippen LogP contribution in [0.3, 0.4) is 0 Å². The smallest absolute Gasteiger partial charge is 0.259 e. The van der Waals surface area contributed by atoms with Gasteiger partial charge in [-0.15, -0.1) is 0 Å². The van der Waals surface area contributed by atoms with Gasteiger partial charge in [0.15, 0.2) is 0 Å². The molecule has 0 aliphatic heterocycles. The van der Waals surface area contributed by atoms with Gasteiger partial charge in [-0.1, -0.05) is 58.0 Å². The minimum absolute atomic E-state index is 0.131. The highest BCUT2D eigenvalue weighted by molar-refractivity contribution is 6.07. The van der Waals surface area contributed by atoms with E-state index in [1.54, 1.807) is 6.07 Å². The van der Waals surface area contributed by atoms with E-state index in [0.717, 1.165) is 16.8 Å². The molecule has 0 fully saturated rings. The highest BCUT2D eigenvalue weighted by Crippen LogP contribution is 2.33. The lowest BCUT2D eigenvalue weighted by atomic mass is 9.92. The molecule has 2 aromatic rings. The molecule has 3 nitrogen and oxygen atoms in total. The Morgan fingerprint density at radius 3 is 2.08 bits per heavy atom. The molecule has 0 radical (unpaired) electrons. The summed E-state index contributed by atoms with van der Waals surface area (Å²) in [6.45, 7) is 11.0. The molecule has 0 aliphatic rings. The molecule has 128 valence electrons. The second kappa shape index (κ2) is 8.00. The van der Waals surface area contributed by atoms with E-state index in [4.69, 9.17) is 4.74 Å². The van der Waals surface area contributed by atoms with Gasteiger partial charge in [0.25, 0.3) is 5.91 Å². The van der Waals surface area contributed by atoms with Crippen molar-refractivity contribution in [3.63, 3.8) is 0 Å². The molecule has 24 heavy (non-hydrogen) atoms. The van der Waals surface area contributed by atoms with Crippen LogP contribution in [0, 0.1) is 0 Å². The third-order valence-electron chi connectivity index (χ3n) is 4.04. The molecule has 2 aromatic carbocycles. The zero-order valence-corrected chi connectivity index (χ0v) is 15.2. The first-order valence-corrected chi connectivity index (χ1v) is 8.61. The van der Waals surface area contributed by atoms with Crippen LogP contribution >= 0.6 is 0 Å². The minimum atomic E-state index is -0.131. The number of rotatable bonds is 6. The summed E-state index contributed by atoms with van der Waals surface area (Å²) in [6.07, 6.45) is 0. The van der Waals surface area contributed by atoms with E-state index in [1.165, 1.54) is 0 Å². The summed E-state index contributed by atoms with van der Waals surface area (Å²) in [4.78, 5) is 12.9. The fourth-order valence-corrected chi connectivity index (χ4v) is 2.81. The van der Waals surface area contributed by atoms with E-state index >= 15 is 0 Å². The number of hydrogen-bond donors (Lipinski definition) is 1. The van der Waals surface area contributed by atoms with E-state index in [2.05, 4.69) is 51.2 Å². The number of para-hydroxylation sites is 2. The van der Waals surface area contributed by atoms with Crippen molar-refractivity contribution in [2.24, 2.45) is 0 Å². The normalized spacial score (nSPS) is 11.0. The Hall–Kier alpha value is -2.29. The second-order valence-corrected chi connectivity index (χ2v) is 6.50. The Kier molecular flexibility index (Phi) is 6.02. The molecule has 0 aliphatic carbocycles. The summed E-state index contributed by atoms with van der Waals surface area (Å²) in [6, 6.07) is 13.6. The standard InChI is InChI=1S/C21H27NO2/c1-6-24-19-13-8-7-10-18(19)21(23)22-20-16(14(2)3)11-9-12-17(20)15(4)5/h7-15H,6H2,1-5H3,(H,22,23). The summed E-state index contributed by atoms with van der Waals surface area (Å²) in [7, 11) is 0. The second-order valence-electron chi connectivity index (χ2n) is 6.50. The lowest BCUT2D eigenvalue weighted by Crippen LogP contribution is -2.17. The van der Waals surface area contributed by atoms with Gasteiger partial charge in [0.2, 0.25) is 0 Å². The Morgan fingerprint density at radius 2 is 1.54 bits per heavy atom. The van der Waals surface area contributed by atoms with Crippen LogP contribution in [0.5, 0.6) is 5.75 Å². The first-order chi connectivity index (χ1) is 11.5. The Balaban J connectivity index is 2.42. The van der Waals surface area contributed by atoms with Crippen LogP contribution < -0.4 is 10.1 Å². The summed E-state index contributed by atoms with van der Waals surface area (Å²) in [5, 5.41) is 3.14. The minimum Gasteiger partial charge on any atom is -0.493 e. The molecule has 0 atom stereocenters. The van der Waals surface area contributed by atoms with Crippen LogP contribution in [0.25, 0.3) is 0 Å². The Labute approximate surface area is 145 Å². The van der Waals surface area contributed by atoms with E-state index in [9.17, 15) is 4.79 Å². The molecule has 0 bridgehead atoms. The maximum Gasteiger partial charge on any atom is 0.259 e. The van der Waals surface area contributed by atoms with Gasteiger partial charge in [0.05, 0.1) is 12.2 Å². The number of amides is 1. The number of anilines is 1. The van der Waals surface area contributed by atoms with Crippen molar-refractivity contribution in [3.8, 4) is 5.75 Å². The van der Waals surface area contributed by atoms with Crippen molar-refractivity contribution in [1.82, 2.24) is 0 Å². The topological polar surface area (TPSA) is 38.3 Å². The van der Waals surface area contributed by atoms with E-state index in [-0.39, 0.29) is 5.91 Å². The number of carbonyl (C=O) groups excluding carboxylic acids is 1. The summed E-state index contributed by atoms with van der Waals surface area (Å²) < 4.78 is 5.59. The average molecular weight is 325 g/mol. The predicted octanol–water partition coefficient (Wildman–Crippen LogP) is 5.58. The third-order valence-corrected chi connectivity index (χ3v) is 4.04. The Morgan fingerprint density at radius 1 is 0.958 bits per heavy atom. The van der Waals surface area contributed by atoms with Crippen LogP contribution in [0.4, 0.5) is 5.69 Å². The van der Waals surface area contributed by atoms with Crippen molar-refractivity contribution in [2.45, 2.75) is 46.5 Å². The average Bonchev–Trinajstić information content (AvgIpc) is 2.55. The van der Waals surface area contributed by atoms with Gasteiger partial charge < -0.3 is 10.1 Å². The van der Waals surface area contributed by atoms with E-state index < -0.39 is 0 Å². The maximum atomic E-state index is 12.9. The number of nitrogens with one attached hydrogen (secondary N) is 1.